The van der Waals surface area contributed by atoms with E-state index in [4.69, 9.17) is 5.26 Å². The molecular formula is C11H9F3N4. The van der Waals surface area contributed by atoms with E-state index < -0.39 is 6.18 Å². The molecule has 0 aliphatic heterocycles. The molecule has 0 saturated carbocycles. The van der Waals surface area contributed by atoms with Gasteiger partial charge in [0.15, 0.2) is 5.82 Å². The molecule has 2 rings (SSSR count). The van der Waals surface area contributed by atoms with Crippen LogP contribution in [0.2, 0.25) is 0 Å². The van der Waals surface area contributed by atoms with Crippen LogP contribution >= 0.6 is 0 Å². The molecule has 94 valence electrons. The van der Waals surface area contributed by atoms with Gasteiger partial charge < -0.3 is 4.98 Å². The lowest BCUT2D eigenvalue weighted by atomic mass is 10.2. The fraction of sp³-hybridized carbons (Fsp3) is 0.182. The van der Waals surface area contributed by atoms with Crippen LogP contribution in [0.4, 0.5) is 13.2 Å². The van der Waals surface area contributed by atoms with E-state index in [0.717, 1.165) is 5.69 Å². The first-order valence-electron chi connectivity index (χ1n) is 4.83. The first-order chi connectivity index (χ1) is 8.40. The second kappa shape index (κ2) is 5.82. The number of imidazole rings is 1. The van der Waals surface area contributed by atoms with Crippen molar-refractivity contribution in [3.8, 4) is 17.6 Å². The zero-order chi connectivity index (χ0) is 13.6. The smallest absolute Gasteiger partial charge is 0.343 e. The molecule has 1 N–H and O–H groups in total. The molecule has 2 aromatic rings. The highest BCUT2D eigenvalue weighted by Gasteiger charge is 2.15. The number of H-pyrrole nitrogens is 1. The number of aromatic amines is 1. The summed E-state index contributed by atoms with van der Waals surface area (Å²) in [6, 6.07) is 5.48. The van der Waals surface area contributed by atoms with Gasteiger partial charge in [-0.05, 0) is 12.1 Å². The number of nitriles is 1. The van der Waals surface area contributed by atoms with Gasteiger partial charge in [-0.3, -0.25) is 4.98 Å². The number of halogens is 3. The normalized spacial score (nSPS) is 10.2. The number of rotatable bonds is 1. The van der Waals surface area contributed by atoms with Crippen LogP contribution in [0.15, 0.2) is 30.7 Å². The van der Waals surface area contributed by atoms with Gasteiger partial charge in [-0.1, -0.05) is 0 Å². The maximum absolute atomic E-state index is 10.4. The van der Waals surface area contributed by atoms with E-state index in [-0.39, 0.29) is 6.92 Å². The van der Waals surface area contributed by atoms with Crippen LogP contribution in [0.5, 0.6) is 0 Å². The molecule has 7 heteroatoms. The quantitative estimate of drug-likeness (QED) is 0.850. The van der Waals surface area contributed by atoms with Crippen molar-refractivity contribution in [3.63, 3.8) is 0 Å². The van der Waals surface area contributed by atoms with Gasteiger partial charge >= 0.3 is 6.18 Å². The molecule has 0 aliphatic rings. The van der Waals surface area contributed by atoms with E-state index >= 15 is 0 Å². The summed E-state index contributed by atoms with van der Waals surface area (Å²) in [5.41, 5.74) is 1.29. The molecule has 2 heterocycles. The average Bonchev–Trinajstić information content (AvgIpc) is 2.80. The minimum absolute atomic E-state index is 0.188. The molecule has 18 heavy (non-hydrogen) atoms. The summed E-state index contributed by atoms with van der Waals surface area (Å²) in [4.78, 5) is 11.1. The van der Waals surface area contributed by atoms with Crippen LogP contribution in [0.1, 0.15) is 12.5 Å². The van der Waals surface area contributed by atoms with Crippen molar-refractivity contribution in [3.05, 3.63) is 36.3 Å². The number of nitrogens with zero attached hydrogens (tertiary/aromatic N) is 3. The SMILES string of the molecule is CC(F)(F)F.N#Cc1ccc(-c2ncc[nH]2)nc1. The predicted octanol–water partition coefficient (Wildman–Crippen LogP) is 2.91. The van der Waals surface area contributed by atoms with E-state index in [1.165, 1.54) is 6.20 Å². The Bertz CT molecular complexity index is 503. The first kappa shape index (κ1) is 13.7. The third-order valence-electron chi connectivity index (χ3n) is 1.63. The number of hydrogen-bond donors (Lipinski definition) is 1. The minimum atomic E-state index is -4.00. The summed E-state index contributed by atoms with van der Waals surface area (Å²) in [5.74, 6) is 0.712. The van der Waals surface area contributed by atoms with Gasteiger partial charge in [0.25, 0.3) is 0 Å². The largest absolute Gasteiger partial charge is 0.386 e. The Kier molecular flexibility index (Phi) is 4.43. The average molecular weight is 254 g/mol. The minimum Gasteiger partial charge on any atom is -0.343 e. The standard InChI is InChI=1S/C9H6N4.C2H3F3/c10-5-7-1-2-8(13-6-7)9-11-3-4-12-9;1-2(3,4)5/h1-4,6H,(H,11,12);1H3. The van der Waals surface area contributed by atoms with Crippen LogP contribution in [0.3, 0.4) is 0 Å². The number of aromatic nitrogens is 3. The third kappa shape index (κ3) is 5.12. The summed E-state index contributed by atoms with van der Waals surface area (Å²) in [6.45, 7) is 0.188. The van der Waals surface area contributed by atoms with Crippen molar-refractivity contribution in [2.24, 2.45) is 0 Å². The van der Waals surface area contributed by atoms with Crippen LogP contribution in [-0.4, -0.2) is 21.1 Å². The molecule has 0 aliphatic carbocycles. The summed E-state index contributed by atoms with van der Waals surface area (Å²) >= 11 is 0. The molecular weight excluding hydrogens is 245 g/mol. The zero-order valence-corrected chi connectivity index (χ0v) is 9.36. The van der Waals surface area contributed by atoms with Crippen LogP contribution in [-0.2, 0) is 0 Å². The lowest BCUT2D eigenvalue weighted by Crippen LogP contribution is -1.95. The van der Waals surface area contributed by atoms with Gasteiger partial charge in [0, 0.05) is 25.5 Å². The van der Waals surface area contributed by atoms with Crippen molar-refractivity contribution in [1.82, 2.24) is 15.0 Å². The Balaban J connectivity index is 0.000000280. The van der Waals surface area contributed by atoms with Crippen molar-refractivity contribution in [2.45, 2.75) is 13.1 Å². The first-order valence-corrected chi connectivity index (χ1v) is 4.83. The van der Waals surface area contributed by atoms with E-state index in [1.807, 2.05) is 6.07 Å². The summed E-state index contributed by atoms with van der Waals surface area (Å²) < 4.78 is 31.1. The van der Waals surface area contributed by atoms with Crippen LogP contribution in [0, 0.1) is 11.3 Å². The van der Waals surface area contributed by atoms with E-state index in [2.05, 4.69) is 15.0 Å². The third-order valence-corrected chi connectivity index (χ3v) is 1.63. The van der Waals surface area contributed by atoms with Gasteiger partial charge in [0.05, 0.1) is 5.56 Å². The van der Waals surface area contributed by atoms with E-state index in [1.54, 1.807) is 24.5 Å². The maximum atomic E-state index is 10.4. The lowest BCUT2D eigenvalue weighted by Gasteiger charge is -1.94. The van der Waals surface area contributed by atoms with Gasteiger partial charge in [0.2, 0.25) is 0 Å². The van der Waals surface area contributed by atoms with E-state index in [9.17, 15) is 13.2 Å². The highest BCUT2D eigenvalue weighted by atomic mass is 19.4. The summed E-state index contributed by atoms with van der Waals surface area (Å²) in [5, 5.41) is 8.55. The van der Waals surface area contributed by atoms with Crippen molar-refractivity contribution in [2.75, 3.05) is 0 Å². The molecule has 0 aromatic carbocycles. The zero-order valence-electron chi connectivity index (χ0n) is 9.36. The number of hydrogen-bond acceptors (Lipinski definition) is 3. The fourth-order valence-corrected chi connectivity index (χ4v) is 1.01. The molecule has 0 unspecified atom stereocenters. The Morgan fingerprint density at radius 1 is 1.28 bits per heavy atom. The molecule has 0 saturated heterocycles. The molecule has 0 atom stereocenters. The monoisotopic (exact) mass is 254 g/mol. The van der Waals surface area contributed by atoms with Crippen molar-refractivity contribution >= 4 is 0 Å². The molecule has 0 fully saturated rings. The van der Waals surface area contributed by atoms with Gasteiger partial charge in [-0.2, -0.15) is 18.4 Å². The molecule has 2 aromatic heterocycles. The Labute approximate surface area is 101 Å². The maximum Gasteiger partial charge on any atom is 0.386 e. The Morgan fingerprint density at radius 2 is 1.94 bits per heavy atom. The Hall–Kier alpha value is -2.36. The second-order valence-corrected chi connectivity index (χ2v) is 3.26. The fourth-order valence-electron chi connectivity index (χ4n) is 1.01. The summed E-state index contributed by atoms with van der Waals surface area (Å²) in [6.07, 6.45) is 0.919. The van der Waals surface area contributed by atoms with Crippen LogP contribution < -0.4 is 0 Å². The van der Waals surface area contributed by atoms with E-state index in [0.29, 0.717) is 11.4 Å². The predicted molar refractivity (Wildman–Crippen MR) is 58.3 cm³/mol. The highest BCUT2D eigenvalue weighted by molar-refractivity contribution is 5.49. The van der Waals surface area contributed by atoms with Gasteiger partial charge in [-0.25, -0.2) is 4.98 Å². The molecule has 0 amide bonds. The second-order valence-electron chi connectivity index (χ2n) is 3.26. The highest BCUT2D eigenvalue weighted by Crippen LogP contribution is 2.11. The van der Waals surface area contributed by atoms with Gasteiger partial charge in [-0.15, -0.1) is 0 Å². The number of pyridine rings is 1. The molecule has 4 nitrogen and oxygen atoms in total. The lowest BCUT2D eigenvalue weighted by molar-refractivity contribution is -0.110. The van der Waals surface area contributed by atoms with Crippen molar-refractivity contribution in [1.29, 1.82) is 5.26 Å². The summed E-state index contributed by atoms with van der Waals surface area (Å²) in [7, 11) is 0. The number of alkyl halides is 3. The van der Waals surface area contributed by atoms with Gasteiger partial charge in [0.1, 0.15) is 11.8 Å². The molecule has 0 radical (unpaired) electrons. The molecule has 0 bridgehead atoms. The topological polar surface area (TPSA) is 65.4 Å². The Morgan fingerprint density at radius 3 is 2.33 bits per heavy atom. The van der Waals surface area contributed by atoms with Crippen molar-refractivity contribution < 1.29 is 13.2 Å². The van der Waals surface area contributed by atoms with Crippen LogP contribution in [0.25, 0.3) is 11.5 Å². The number of nitrogens with one attached hydrogen (secondary N) is 1. The molecule has 0 spiro atoms.